The van der Waals surface area contributed by atoms with Crippen molar-refractivity contribution in [2.24, 2.45) is 0 Å². The van der Waals surface area contributed by atoms with Crippen molar-refractivity contribution in [1.82, 2.24) is 0 Å². The van der Waals surface area contributed by atoms with Crippen LogP contribution in [0.2, 0.25) is 0 Å². The Balaban J connectivity index is 1.59. The van der Waals surface area contributed by atoms with Crippen molar-refractivity contribution in [3.8, 4) is 0 Å². The van der Waals surface area contributed by atoms with Crippen molar-refractivity contribution < 1.29 is 4.42 Å². The number of anilines is 2. The molecule has 2 nitrogen and oxygen atoms in total. The fraction of sp³-hybridized carbons (Fsp3) is 0.379. The molecule has 160 valence electrons. The Morgan fingerprint density at radius 1 is 0.774 bits per heavy atom. The van der Waals surface area contributed by atoms with E-state index in [9.17, 15) is 0 Å². The van der Waals surface area contributed by atoms with E-state index in [1.54, 1.807) is 0 Å². The van der Waals surface area contributed by atoms with Crippen LogP contribution in [0, 0.1) is 0 Å². The summed E-state index contributed by atoms with van der Waals surface area (Å²) < 4.78 is 6.65. The molecule has 0 amide bonds. The Bertz CT molecular complexity index is 1200. The molecule has 31 heavy (non-hydrogen) atoms. The molecule has 0 atom stereocenters. The molecule has 0 saturated heterocycles. The number of hydrogen-bond donors (Lipinski definition) is 0. The lowest BCUT2D eigenvalue weighted by molar-refractivity contribution is 0.442. The molecule has 1 fully saturated rings. The van der Waals surface area contributed by atoms with Crippen LogP contribution in [0.15, 0.2) is 65.1 Å². The Kier molecular flexibility index (Phi) is 5.04. The zero-order valence-electron chi connectivity index (χ0n) is 19.2. The third kappa shape index (κ3) is 3.63. The maximum Gasteiger partial charge on any atom is 0.159 e. The summed E-state index contributed by atoms with van der Waals surface area (Å²) in [6.07, 6.45) is 6.60. The highest BCUT2D eigenvalue weighted by molar-refractivity contribution is 6.10. The van der Waals surface area contributed by atoms with Gasteiger partial charge in [-0.05, 0) is 53.5 Å². The average molecular weight is 412 g/mol. The van der Waals surface area contributed by atoms with E-state index in [4.69, 9.17) is 4.42 Å². The number of para-hydroxylation sites is 2. The SMILES string of the molecule is CN(c1ccc(C(C)(C)C)cc1)c1cccc2c1oc1c(C3CCCCC3)cccc12. The minimum Gasteiger partial charge on any atom is -0.454 e. The number of fused-ring (bicyclic) bond motifs is 3. The highest BCUT2D eigenvalue weighted by Crippen LogP contribution is 2.42. The number of hydrogen-bond acceptors (Lipinski definition) is 2. The molecule has 0 unspecified atom stereocenters. The molecular formula is C29H33NO. The molecule has 1 aliphatic carbocycles. The highest BCUT2D eigenvalue weighted by Gasteiger charge is 2.22. The summed E-state index contributed by atoms with van der Waals surface area (Å²) in [6.45, 7) is 6.76. The van der Waals surface area contributed by atoms with Gasteiger partial charge in [-0.3, -0.25) is 0 Å². The summed E-state index contributed by atoms with van der Waals surface area (Å²) in [5.74, 6) is 0.629. The second kappa shape index (κ2) is 7.75. The van der Waals surface area contributed by atoms with Crippen molar-refractivity contribution >= 4 is 33.3 Å². The van der Waals surface area contributed by atoms with Crippen LogP contribution >= 0.6 is 0 Å². The summed E-state index contributed by atoms with van der Waals surface area (Å²) in [7, 11) is 2.14. The molecule has 1 saturated carbocycles. The zero-order valence-corrected chi connectivity index (χ0v) is 19.2. The molecule has 0 bridgehead atoms. The Labute approximate surface area is 185 Å². The van der Waals surface area contributed by atoms with Crippen LogP contribution < -0.4 is 4.90 Å². The largest absolute Gasteiger partial charge is 0.454 e. The third-order valence-electron chi connectivity index (χ3n) is 7.06. The lowest BCUT2D eigenvalue weighted by Gasteiger charge is -2.23. The molecule has 5 rings (SSSR count). The third-order valence-corrected chi connectivity index (χ3v) is 7.06. The maximum atomic E-state index is 6.65. The van der Waals surface area contributed by atoms with E-state index in [2.05, 4.69) is 93.4 Å². The van der Waals surface area contributed by atoms with Crippen LogP contribution in [-0.2, 0) is 5.41 Å². The van der Waals surface area contributed by atoms with Gasteiger partial charge < -0.3 is 9.32 Å². The predicted octanol–water partition coefficient (Wildman–Crippen LogP) is 8.70. The van der Waals surface area contributed by atoms with Crippen LogP contribution in [0.5, 0.6) is 0 Å². The van der Waals surface area contributed by atoms with Gasteiger partial charge in [-0.2, -0.15) is 0 Å². The smallest absolute Gasteiger partial charge is 0.159 e. The van der Waals surface area contributed by atoms with Crippen LogP contribution in [0.3, 0.4) is 0 Å². The van der Waals surface area contributed by atoms with Gasteiger partial charge in [-0.1, -0.05) is 82.5 Å². The van der Waals surface area contributed by atoms with E-state index in [-0.39, 0.29) is 5.41 Å². The molecule has 0 N–H and O–H groups in total. The molecule has 0 aliphatic heterocycles. The standard InChI is InChI=1S/C29H33NO/c1-29(2,3)21-16-18-22(19-17-21)30(4)26-15-9-14-25-24-13-8-12-23(27(24)31-28(25)26)20-10-6-5-7-11-20/h8-9,12-20H,5-7,10-11H2,1-4H3. The van der Waals surface area contributed by atoms with Gasteiger partial charge in [-0.15, -0.1) is 0 Å². The Morgan fingerprint density at radius 2 is 1.42 bits per heavy atom. The first-order valence-corrected chi connectivity index (χ1v) is 11.7. The van der Waals surface area contributed by atoms with Crippen molar-refractivity contribution in [3.05, 3.63) is 71.8 Å². The minimum atomic E-state index is 0.158. The Hall–Kier alpha value is -2.74. The monoisotopic (exact) mass is 411 g/mol. The van der Waals surface area contributed by atoms with Gasteiger partial charge in [0.1, 0.15) is 5.58 Å². The van der Waals surface area contributed by atoms with Gasteiger partial charge in [0.2, 0.25) is 0 Å². The first kappa shape index (κ1) is 20.2. The molecular weight excluding hydrogens is 378 g/mol. The van der Waals surface area contributed by atoms with Gasteiger partial charge in [-0.25, -0.2) is 0 Å². The fourth-order valence-corrected chi connectivity index (χ4v) is 5.15. The van der Waals surface area contributed by atoms with Gasteiger partial charge in [0.05, 0.1) is 5.69 Å². The molecule has 3 aromatic carbocycles. The summed E-state index contributed by atoms with van der Waals surface area (Å²) in [5.41, 5.74) is 7.28. The van der Waals surface area contributed by atoms with E-state index in [0.29, 0.717) is 5.92 Å². The van der Waals surface area contributed by atoms with Crippen molar-refractivity contribution in [2.45, 2.75) is 64.2 Å². The van der Waals surface area contributed by atoms with Crippen LogP contribution in [-0.4, -0.2) is 7.05 Å². The fourth-order valence-electron chi connectivity index (χ4n) is 5.15. The van der Waals surface area contributed by atoms with Crippen molar-refractivity contribution in [3.63, 3.8) is 0 Å². The first-order chi connectivity index (χ1) is 14.9. The maximum absolute atomic E-state index is 6.65. The van der Waals surface area contributed by atoms with Gasteiger partial charge in [0.25, 0.3) is 0 Å². The van der Waals surface area contributed by atoms with E-state index >= 15 is 0 Å². The Morgan fingerprint density at radius 3 is 2.10 bits per heavy atom. The molecule has 0 spiro atoms. The van der Waals surface area contributed by atoms with Crippen molar-refractivity contribution in [1.29, 1.82) is 0 Å². The number of furan rings is 1. The summed E-state index contributed by atoms with van der Waals surface area (Å²) in [4.78, 5) is 2.25. The summed E-state index contributed by atoms with van der Waals surface area (Å²) >= 11 is 0. The molecule has 1 aliphatic rings. The average Bonchev–Trinajstić information content (AvgIpc) is 3.18. The quantitative estimate of drug-likeness (QED) is 0.335. The van der Waals surface area contributed by atoms with Crippen LogP contribution in [0.25, 0.3) is 21.9 Å². The normalized spacial score (nSPS) is 15.6. The van der Waals surface area contributed by atoms with Gasteiger partial charge >= 0.3 is 0 Å². The van der Waals surface area contributed by atoms with Gasteiger partial charge in [0, 0.05) is 23.5 Å². The highest BCUT2D eigenvalue weighted by atomic mass is 16.3. The van der Waals surface area contributed by atoms with Crippen LogP contribution in [0.1, 0.15) is 69.9 Å². The number of nitrogens with zero attached hydrogens (tertiary/aromatic N) is 1. The van der Waals surface area contributed by atoms with E-state index < -0.39 is 0 Å². The summed E-state index contributed by atoms with van der Waals surface area (Å²) in [6, 6.07) is 22.2. The second-order valence-electron chi connectivity index (χ2n) is 10.2. The molecule has 0 radical (unpaired) electrons. The van der Waals surface area contributed by atoms with E-state index in [0.717, 1.165) is 16.9 Å². The predicted molar refractivity (Wildman–Crippen MR) is 133 cm³/mol. The van der Waals surface area contributed by atoms with Crippen LogP contribution in [0.4, 0.5) is 11.4 Å². The van der Waals surface area contributed by atoms with E-state index in [1.165, 1.54) is 59.7 Å². The van der Waals surface area contributed by atoms with Crippen molar-refractivity contribution in [2.75, 3.05) is 11.9 Å². The minimum absolute atomic E-state index is 0.158. The molecule has 4 aromatic rings. The van der Waals surface area contributed by atoms with E-state index in [1.807, 2.05) is 0 Å². The number of rotatable bonds is 3. The zero-order chi connectivity index (χ0) is 21.6. The molecule has 1 heterocycles. The van der Waals surface area contributed by atoms with Gasteiger partial charge in [0.15, 0.2) is 5.58 Å². The molecule has 2 heteroatoms. The lowest BCUT2D eigenvalue weighted by Crippen LogP contribution is -2.13. The molecule has 1 aromatic heterocycles. The number of benzene rings is 3. The first-order valence-electron chi connectivity index (χ1n) is 11.7. The topological polar surface area (TPSA) is 16.4 Å². The lowest BCUT2D eigenvalue weighted by atomic mass is 9.83. The summed E-state index contributed by atoms with van der Waals surface area (Å²) in [5, 5.41) is 2.46. The second-order valence-corrected chi connectivity index (χ2v) is 10.2.